The summed E-state index contributed by atoms with van der Waals surface area (Å²) in [7, 11) is 0. The quantitative estimate of drug-likeness (QED) is 0.561. The van der Waals surface area contributed by atoms with Crippen LogP contribution in [0.2, 0.25) is 0 Å². The van der Waals surface area contributed by atoms with Gasteiger partial charge in [0.2, 0.25) is 0 Å². The van der Waals surface area contributed by atoms with Crippen LogP contribution in [0.25, 0.3) is 10.8 Å². The zero-order valence-corrected chi connectivity index (χ0v) is 7.62. The predicted molar refractivity (Wildman–Crippen MR) is 54.5 cm³/mol. The molecule has 2 nitrogen and oxygen atoms in total. The number of fused-ring (bicyclic) bond motifs is 1. The Balaban J connectivity index is 2.89. The molecule has 0 radical (unpaired) electrons. The van der Waals surface area contributed by atoms with Crippen molar-refractivity contribution in [2.24, 2.45) is 0 Å². The largest absolute Gasteiger partial charge is 0.507 e. The van der Waals surface area contributed by atoms with Gasteiger partial charge in [0.15, 0.2) is 0 Å². The van der Waals surface area contributed by atoms with Crippen molar-refractivity contribution < 1.29 is 10.2 Å². The first kappa shape index (κ1) is 8.26. The molecule has 0 atom stereocenters. The lowest BCUT2D eigenvalue weighted by Crippen LogP contribution is -1.75. The summed E-state index contributed by atoms with van der Waals surface area (Å²) in [5.41, 5.74) is 0. The number of rotatable bonds is 0. The van der Waals surface area contributed by atoms with Crippen LogP contribution < -0.4 is 0 Å². The summed E-state index contributed by atoms with van der Waals surface area (Å²) in [4.78, 5) is 0.467. The highest BCUT2D eigenvalue weighted by Gasteiger charge is 2.03. The summed E-state index contributed by atoms with van der Waals surface area (Å²) < 4.78 is 0. The summed E-state index contributed by atoms with van der Waals surface area (Å²) >= 11 is 4.06. The Morgan fingerprint density at radius 2 is 1.77 bits per heavy atom. The van der Waals surface area contributed by atoms with Gasteiger partial charge in [-0.05, 0) is 23.6 Å². The predicted octanol–water partition coefficient (Wildman–Crippen LogP) is 2.54. The zero-order valence-electron chi connectivity index (χ0n) is 6.73. The smallest absolute Gasteiger partial charge is 0.129 e. The van der Waals surface area contributed by atoms with Crippen LogP contribution in [-0.2, 0) is 0 Å². The van der Waals surface area contributed by atoms with Crippen LogP contribution in [0, 0.1) is 0 Å². The van der Waals surface area contributed by atoms with Gasteiger partial charge in [0, 0.05) is 10.3 Å². The molecule has 2 rings (SSSR count). The fourth-order valence-electron chi connectivity index (χ4n) is 1.29. The fraction of sp³-hybridized carbons (Fsp3) is 0. The van der Waals surface area contributed by atoms with Crippen LogP contribution in [0.1, 0.15) is 0 Å². The second kappa shape index (κ2) is 2.85. The highest BCUT2D eigenvalue weighted by molar-refractivity contribution is 7.80. The van der Waals surface area contributed by atoms with Crippen molar-refractivity contribution >= 4 is 23.4 Å². The van der Waals surface area contributed by atoms with E-state index in [1.54, 1.807) is 24.3 Å². The Hall–Kier alpha value is -1.35. The van der Waals surface area contributed by atoms with Gasteiger partial charge in [-0.3, -0.25) is 0 Å². The van der Waals surface area contributed by atoms with Crippen LogP contribution in [0.5, 0.6) is 11.5 Å². The van der Waals surface area contributed by atoms with E-state index in [-0.39, 0.29) is 11.5 Å². The lowest BCUT2D eigenvalue weighted by Gasteiger charge is -2.03. The fourth-order valence-corrected chi connectivity index (χ4v) is 1.48. The first-order chi connectivity index (χ1) is 6.18. The Labute approximate surface area is 80.9 Å². The lowest BCUT2D eigenvalue weighted by atomic mass is 10.1. The van der Waals surface area contributed by atoms with E-state index < -0.39 is 0 Å². The van der Waals surface area contributed by atoms with E-state index in [4.69, 9.17) is 0 Å². The van der Waals surface area contributed by atoms with Crippen LogP contribution in [0.15, 0.2) is 35.2 Å². The molecule has 0 unspecified atom stereocenters. The summed E-state index contributed by atoms with van der Waals surface area (Å²) in [5, 5.41) is 20.3. The minimum absolute atomic E-state index is 0.126. The number of phenols is 2. The number of hydrogen-bond acceptors (Lipinski definition) is 3. The molecule has 0 spiro atoms. The average Bonchev–Trinajstić information content (AvgIpc) is 2.09. The molecule has 0 fully saturated rings. The van der Waals surface area contributed by atoms with E-state index in [0.29, 0.717) is 10.3 Å². The molecule has 2 N–H and O–H groups in total. The molecule has 3 heteroatoms. The molecule has 0 saturated heterocycles. The summed E-state index contributed by atoms with van der Waals surface area (Å²) in [6.45, 7) is 0. The van der Waals surface area contributed by atoms with Crippen LogP contribution in [-0.4, -0.2) is 10.2 Å². The molecule has 0 aliphatic heterocycles. The maximum absolute atomic E-state index is 9.47. The van der Waals surface area contributed by atoms with Gasteiger partial charge in [0.05, 0.1) is 0 Å². The summed E-state index contributed by atoms with van der Waals surface area (Å²) in [6.07, 6.45) is 0. The van der Waals surface area contributed by atoms with Crippen molar-refractivity contribution in [3.8, 4) is 11.5 Å². The van der Waals surface area contributed by atoms with Gasteiger partial charge in [0.25, 0.3) is 0 Å². The third-order valence-corrected chi connectivity index (χ3v) is 2.31. The maximum Gasteiger partial charge on any atom is 0.129 e. The summed E-state index contributed by atoms with van der Waals surface area (Å²) in [5.74, 6) is 0.328. The molecule has 66 valence electrons. The van der Waals surface area contributed by atoms with Crippen molar-refractivity contribution in [1.29, 1.82) is 0 Å². The van der Waals surface area contributed by atoms with Gasteiger partial charge >= 0.3 is 0 Å². The van der Waals surface area contributed by atoms with Crippen LogP contribution in [0.3, 0.4) is 0 Å². The topological polar surface area (TPSA) is 40.5 Å². The van der Waals surface area contributed by atoms with E-state index in [2.05, 4.69) is 12.6 Å². The molecule has 0 heterocycles. The minimum atomic E-state index is 0.126. The van der Waals surface area contributed by atoms with E-state index in [9.17, 15) is 10.2 Å². The second-order valence-electron chi connectivity index (χ2n) is 2.84. The molecule has 0 aromatic heterocycles. The van der Waals surface area contributed by atoms with Gasteiger partial charge < -0.3 is 10.2 Å². The molecular weight excluding hydrogens is 184 g/mol. The monoisotopic (exact) mass is 192 g/mol. The Morgan fingerprint density at radius 3 is 2.54 bits per heavy atom. The summed E-state index contributed by atoms with van der Waals surface area (Å²) in [6, 6.07) is 8.38. The van der Waals surface area contributed by atoms with Gasteiger partial charge in [-0.25, -0.2) is 0 Å². The first-order valence-corrected chi connectivity index (χ1v) is 4.27. The third-order valence-electron chi connectivity index (χ3n) is 1.95. The molecular formula is C10H8O2S. The van der Waals surface area contributed by atoms with Gasteiger partial charge in [0.1, 0.15) is 11.5 Å². The zero-order chi connectivity index (χ0) is 9.42. The Kier molecular flexibility index (Phi) is 1.81. The highest BCUT2D eigenvalue weighted by atomic mass is 32.1. The standard InChI is InChI=1S/C10H8O2S/c11-8-3-1-2-6-4-9(12)10(13)5-7(6)8/h1-5,11-13H. The van der Waals surface area contributed by atoms with Gasteiger partial charge in [-0.1, -0.05) is 12.1 Å². The molecule has 0 aliphatic carbocycles. The molecule has 0 aliphatic rings. The van der Waals surface area contributed by atoms with Crippen molar-refractivity contribution in [3.05, 3.63) is 30.3 Å². The minimum Gasteiger partial charge on any atom is -0.507 e. The number of aromatic hydroxyl groups is 2. The van der Waals surface area contributed by atoms with Crippen molar-refractivity contribution in [2.75, 3.05) is 0 Å². The highest BCUT2D eigenvalue weighted by Crippen LogP contribution is 2.31. The van der Waals surface area contributed by atoms with E-state index >= 15 is 0 Å². The second-order valence-corrected chi connectivity index (χ2v) is 3.32. The van der Waals surface area contributed by atoms with Gasteiger partial charge in [-0.2, -0.15) is 0 Å². The number of hydrogen-bond donors (Lipinski definition) is 3. The van der Waals surface area contributed by atoms with Crippen molar-refractivity contribution in [2.45, 2.75) is 4.90 Å². The van der Waals surface area contributed by atoms with E-state index in [0.717, 1.165) is 5.39 Å². The third kappa shape index (κ3) is 1.31. The number of benzene rings is 2. The van der Waals surface area contributed by atoms with Crippen molar-refractivity contribution in [1.82, 2.24) is 0 Å². The molecule has 13 heavy (non-hydrogen) atoms. The average molecular weight is 192 g/mol. The van der Waals surface area contributed by atoms with Crippen LogP contribution >= 0.6 is 12.6 Å². The lowest BCUT2D eigenvalue weighted by molar-refractivity contribution is 0.463. The van der Waals surface area contributed by atoms with Crippen molar-refractivity contribution in [3.63, 3.8) is 0 Å². The molecule has 2 aromatic rings. The van der Waals surface area contributed by atoms with E-state index in [1.807, 2.05) is 6.07 Å². The number of thiol groups is 1. The van der Waals surface area contributed by atoms with E-state index in [1.165, 1.54) is 0 Å². The van der Waals surface area contributed by atoms with Crippen LogP contribution in [0.4, 0.5) is 0 Å². The Morgan fingerprint density at radius 1 is 1.00 bits per heavy atom. The SMILES string of the molecule is Oc1cc2cccc(O)c2cc1S. The maximum atomic E-state index is 9.47. The molecule has 0 bridgehead atoms. The number of phenolic OH excluding ortho intramolecular Hbond substituents is 2. The molecule has 0 amide bonds. The first-order valence-electron chi connectivity index (χ1n) is 3.82. The van der Waals surface area contributed by atoms with Gasteiger partial charge in [-0.15, -0.1) is 12.6 Å². The Bertz CT molecular complexity index is 466. The molecule has 2 aromatic carbocycles. The normalized spacial score (nSPS) is 10.5. The molecule has 0 saturated carbocycles.